The van der Waals surface area contributed by atoms with Gasteiger partial charge in [-0.15, -0.1) is 0 Å². The monoisotopic (exact) mass is 392 g/mol. The fourth-order valence-electron chi connectivity index (χ4n) is 3.01. The van der Waals surface area contributed by atoms with E-state index in [-0.39, 0.29) is 11.7 Å². The molecule has 1 N–H and O–H groups in total. The van der Waals surface area contributed by atoms with Gasteiger partial charge < -0.3 is 9.73 Å². The van der Waals surface area contributed by atoms with Crippen molar-refractivity contribution in [2.45, 2.75) is 25.9 Å². The maximum atomic E-state index is 12.4. The van der Waals surface area contributed by atoms with Crippen LogP contribution in [-0.2, 0) is 4.79 Å². The second-order valence-corrected chi connectivity index (χ2v) is 7.56. The number of aryl methyl sites for hydroxylation is 3. The van der Waals surface area contributed by atoms with Gasteiger partial charge in [-0.2, -0.15) is 0 Å². The molecule has 0 spiro atoms. The highest BCUT2D eigenvalue weighted by atomic mass is 32.2. The van der Waals surface area contributed by atoms with E-state index < -0.39 is 0 Å². The largest absolute Gasteiger partial charge is 0.441 e. The molecule has 0 saturated carbocycles. The third-order valence-corrected chi connectivity index (χ3v) is 5.31. The van der Waals surface area contributed by atoms with E-state index in [0.29, 0.717) is 17.2 Å². The number of hydrogen-bond donors (Lipinski definition) is 1. The van der Waals surface area contributed by atoms with Crippen molar-refractivity contribution >= 4 is 34.5 Å². The lowest BCUT2D eigenvalue weighted by Gasteiger charge is -2.11. The van der Waals surface area contributed by atoms with E-state index in [1.807, 2.05) is 29.0 Å². The molecule has 0 bridgehead atoms. The van der Waals surface area contributed by atoms with E-state index in [2.05, 4.69) is 47.3 Å². The van der Waals surface area contributed by atoms with Crippen LogP contribution in [0.4, 0.5) is 5.69 Å². The SMILES string of the molecule is Cc1ccc(C)c(-n2ccnc2SCC(=O)Nc2ccc3oc(C)nc3c2)c1. The molecule has 0 aliphatic rings. The first-order valence-electron chi connectivity index (χ1n) is 8.90. The molecule has 0 aliphatic carbocycles. The van der Waals surface area contributed by atoms with Crippen LogP contribution >= 0.6 is 11.8 Å². The standard InChI is InChI=1S/C21H20N4O2S/c1-13-4-5-14(2)18(10-13)25-9-8-22-21(25)28-12-20(26)24-16-6-7-19-17(11-16)23-15(3)27-19/h4-11H,12H2,1-3H3,(H,24,26). The summed E-state index contributed by atoms with van der Waals surface area (Å²) in [7, 11) is 0. The van der Waals surface area contributed by atoms with Crippen LogP contribution in [-0.4, -0.2) is 26.2 Å². The normalized spacial score (nSPS) is 11.1. The van der Waals surface area contributed by atoms with Crippen LogP contribution in [0.25, 0.3) is 16.8 Å². The minimum Gasteiger partial charge on any atom is -0.441 e. The van der Waals surface area contributed by atoms with Gasteiger partial charge in [0.2, 0.25) is 5.91 Å². The van der Waals surface area contributed by atoms with Crippen LogP contribution in [0.15, 0.2) is 58.4 Å². The van der Waals surface area contributed by atoms with Crippen LogP contribution in [0.2, 0.25) is 0 Å². The Morgan fingerprint density at radius 3 is 2.89 bits per heavy atom. The number of amides is 1. The molecular formula is C21H20N4O2S. The molecule has 1 amide bonds. The zero-order valence-corrected chi connectivity index (χ0v) is 16.7. The van der Waals surface area contributed by atoms with E-state index in [1.165, 1.54) is 17.3 Å². The molecule has 7 heteroatoms. The summed E-state index contributed by atoms with van der Waals surface area (Å²) in [6.45, 7) is 5.93. The Labute approximate surface area is 167 Å². The Hall–Kier alpha value is -3.06. The van der Waals surface area contributed by atoms with E-state index in [4.69, 9.17) is 4.42 Å². The molecule has 0 radical (unpaired) electrons. The number of anilines is 1. The number of hydrogen-bond acceptors (Lipinski definition) is 5. The Balaban J connectivity index is 1.45. The van der Waals surface area contributed by atoms with Gasteiger partial charge in [-0.25, -0.2) is 9.97 Å². The molecule has 4 rings (SSSR count). The first-order chi connectivity index (χ1) is 13.5. The topological polar surface area (TPSA) is 73.0 Å². The average molecular weight is 392 g/mol. The molecule has 0 atom stereocenters. The fraction of sp³-hybridized carbons (Fsp3) is 0.190. The van der Waals surface area contributed by atoms with Crippen molar-refractivity contribution in [1.29, 1.82) is 0 Å². The van der Waals surface area contributed by atoms with Gasteiger partial charge in [0.15, 0.2) is 16.6 Å². The van der Waals surface area contributed by atoms with Crippen molar-refractivity contribution in [3.8, 4) is 5.69 Å². The van der Waals surface area contributed by atoms with Crippen LogP contribution in [0.3, 0.4) is 0 Å². The van der Waals surface area contributed by atoms with Gasteiger partial charge in [0, 0.05) is 25.0 Å². The quantitative estimate of drug-likeness (QED) is 0.500. The molecule has 0 fully saturated rings. The van der Waals surface area contributed by atoms with Crippen molar-refractivity contribution in [1.82, 2.24) is 14.5 Å². The first kappa shape index (κ1) is 18.3. The van der Waals surface area contributed by atoms with Gasteiger partial charge >= 0.3 is 0 Å². The van der Waals surface area contributed by atoms with Crippen molar-refractivity contribution in [2.75, 3.05) is 11.1 Å². The third kappa shape index (κ3) is 3.80. The Bertz CT molecular complexity index is 1160. The highest BCUT2D eigenvalue weighted by Crippen LogP contribution is 2.24. The van der Waals surface area contributed by atoms with Gasteiger partial charge in [0.1, 0.15) is 5.52 Å². The molecule has 0 unspecified atom stereocenters. The van der Waals surface area contributed by atoms with Crippen LogP contribution in [0.5, 0.6) is 0 Å². The molecule has 6 nitrogen and oxygen atoms in total. The summed E-state index contributed by atoms with van der Waals surface area (Å²) in [5.41, 5.74) is 5.55. The molecule has 0 aliphatic heterocycles. The summed E-state index contributed by atoms with van der Waals surface area (Å²) in [6, 6.07) is 11.7. The summed E-state index contributed by atoms with van der Waals surface area (Å²) in [5.74, 6) is 0.769. The highest BCUT2D eigenvalue weighted by molar-refractivity contribution is 7.99. The van der Waals surface area contributed by atoms with Gasteiger partial charge in [-0.1, -0.05) is 23.9 Å². The summed E-state index contributed by atoms with van der Waals surface area (Å²) < 4.78 is 7.48. The molecule has 2 aromatic heterocycles. The van der Waals surface area contributed by atoms with Crippen molar-refractivity contribution < 1.29 is 9.21 Å². The van der Waals surface area contributed by atoms with Gasteiger partial charge in [-0.3, -0.25) is 9.36 Å². The average Bonchev–Trinajstić information content (AvgIpc) is 3.27. The van der Waals surface area contributed by atoms with E-state index in [9.17, 15) is 4.79 Å². The summed E-state index contributed by atoms with van der Waals surface area (Å²) in [5, 5.41) is 3.69. The second kappa shape index (κ2) is 7.52. The molecule has 0 saturated heterocycles. The predicted molar refractivity (Wildman–Crippen MR) is 111 cm³/mol. The summed E-state index contributed by atoms with van der Waals surface area (Å²) in [6.07, 6.45) is 3.67. The smallest absolute Gasteiger partial charge is 0.234 e. The number of aromatic nitrogens is 3. The maximum Gasteiger partial charge on any atom is 0.234 e. The van der Waals surface area contributed by atoms with E-state index >= 15 is 0 Å². The molecule has 28 heavy (non-hydrogen) atoms. The molecule has 142 valence electrons. The first-order valence-corrected chi connectivity index (χ1v) is 9.89. The van der Waals surface area contributed by atoms with Crippen molar-refractivity contribution in [3.05, 3.63) is 65.8 Å². The van der Waals surface area contributed by atoms with Crippen molar-refractivity contribution in [3.63, 3.8) is 0 Å². The molecule has 4 aromatic rings. The molecular weight excluding hydrogens is 372 g/mol. The fourth-order valence-corrected chi connectivity index (χ4v) is 3.77. The predicted octanol–water partition coefficient (Wildman–Crippen LogP) is 4.67. The minimum atomic E-state index is -0.0971. The lowest BCUT2D eigenvalue weighted by Crippen LogP contribution is -2.14. The third-order valence-electron chi connectivity index (χ3n) is 4.34. The highest BCUT2D eigenvalue weighted by Gasteiger charge is 2.12. The number of carbonyl (C=O) groups is 1. The number of thioether (sulfide) groups is 1. The van der Waals surface area contributed by atoms with E-state index in [1.54, 1.807) is 13.1 Å². The Morgan fingerprint density at radius 1 is 1.18 bits per heavy atom. The maximum absolute atomic E-state index is 12.4. The van der Waals surface area contributed by atoms with Crippen molar-refractivity contribution in [2.24, 2.45) is 0 Å². The number of carbonyl (C=O) groups excluding carboxylic acids is 1. The number of benzene rings is 2. The number of nitrogens with one attached hydrogen (secondary N) is 1. The van der Waals surface area contributed by atoms with Crippen LogP contribution in [0.1, 0.15) is 17.0 Å². The second-order valence-electron chi connectivity index (χ2n) is 6.62. The van der Waals surface area contributed by atoms with E-state index in [0.717, 1.165) is 21.9 Å². The number of nitrogens with zero attached hydrogens (tertiary/aromatic N) is 3. The van der Waals surface area contributed by atoms with Gasteiger partial charge in [0.05, 0.1) is 11.4 Å². The number of imidazole rings is 1. The summed E-state index contributed by atoms with van der Waals surface area (Å²) in [4.78, 5) is 21.1. The molecule has 2 heterocycles. The van der Waals surface area contributed by atoms with Gasteiger partial charge in [0.25, 0.3) is 0 Å². The Morgan fingerprint density at radius 2 is 2.04 bits per heavy atom. The zero-order valence-electron chi connectivity index (χ0n) is 15.9. The Kier molecular flexibility index (Phi) is 4.92. The minimum absolute atomic E-state index is 0.0971. The van der Waals surface area contributed by atoms with Gasteiger partial charge in [-0.05, 0) is 49.2 Å². The van der Waals surface area contributed by atoms with Crippen LogP contribution in [0, 0.1) is 20.8 Å². The lowest BCUT2D eigenvalue weighted by atomic mass is 10.1. The number of rotatable bonds is 5. The number of oxazole rings is 1. The van der Waals surface area contributed by atoms with Crippen LogP contribution < -0.4 is 5.32 Å². The number of fused-ring (bicyclic) bond motifs is 1. The zero-order chi connectivity index (χ0) is 19.7. The lowest BCUT2D eigenvalue weighted by molar-refractivity contribution is -0.113. The summed E-state index contributed by atoms with van der Waals surface area (Å²) >= 11 is 1.40. The molecule has 2 aromatic carbocycles.